The lowest BCUT2D eigenvalue weighted by atomic mass is 10.1. The van der Waals surface area contributed by atoms with Gasteiger partial charge >= 0.3 is 0 Å². The average molecular weight is 399 g/mol. The van der Waals surface area contributed by atoms with Gasteiger partial charge in [-0.1, -0.05) is 0 Å². The fourth-order valence-corrected chi connectivity index (χ4v) is 4.05. The van der Waals surface area contributed by atoms with E-state index in [4.69, 9.17) is 0 Å². The van der Waals surface area contributed by atoms with Crippen LogP contribution in [0, 0.1) is 10.1 Å². The summed E-state index contributed by atoms with van der Waals surface area (Å²) in [5.74, 6) is -0.0238. The maximum atomic E-state index is 12.6. The average Bonchev–Trinajstić information content (AvgIpc) is 3.11. The quantitative estimate of drug-likeness (QED) is 0.534. The molecule has 28 heavy (non-hydrogen) atoms. The number of aromatic amines is 1. The zero-order valence-electron chi connectivity index (χ0n) is 14.8. The van der Waals surface area contributed by atoms with Crippen LogP contribution in [0.5, 0.6) is 0 Å². The minimum atomic E-state index is -0.486. The number of carbonyl (C=O) groups is 1. The lowest BCUT2D eigenvalue weighted by molar-refractivity contribution is -0.384. The fraction of sp³-hybridized carbons (Fsp3) is 0.278. The van der Waals surface area contributed by atoms with Gasteiger partial charge in [0.15, 0.2) is 0 Å². The molecule has 1 amide bonds. The van der Waals surface area contributed by atoms with Crippen molar-refractivity contribution < 1.29 is 9.72 Å². The van der Waals surface area contributed by atoms with Gasteiger partial charge in [0, 0.05) is 37.6 Å². The Morgan fingerprint density at radius 2 is 2.11 bits per heavy atom. The van der Waals surface area contributed by atoms with Gasteiger partial charge in [-0.3, -0.25) is 19.7 Å². The van der Waals surface area contributed by atoms with Crippen LogP contribution in [0.25, 0.3) is 10.9 Å². The van der Waals surface area contributed by atoms with Crippen molar-refractivity contribution in [2.24, 2.45) is 0 Å². The maximum absolute atomic E-state index is 12.6. The minimum absolute atomic E-state index is 0.0238. The van der Waals surface area contributed by atoms with E-state index in [0.29, 0.717) is 49.4 Å². The first kappa shape index (κ1) is 18.1. The molecule has 1 fully saturated rings. The Balaban J connectivity index is 1.64. The number of nitro benzene ring substituents is 1. The summed E-state index contributed by atoms with van der Waals surface area (Å²) < 4.78 is 0. The van der Waals surface area contributed by atoms with Crippen LogP contribution in [-0.4, -0.2) is 51.9 Å². The van der Waals surface area contributed by atoms with Crippen molar-refractivity contribution in [2.45, 2.75) is 6.42 Å². The monoisotopic (exact) mass is 399 g/mol. The summed E-state index contributed by atoms with van der Waals surface area (Å²) in [6.45, 7) is 2.09. The third kappa shape index (κ3) is 3.33. The van der Waals surface area contributed by atoms with Crippen molar-refractivity contribution in [2.75, 3.05) is 31.1 Å². The molecule has 0 spiro atoms. The normalized spacial score (nSPS) is 14.9. The number of hydrogen-bond donors (Lipinski definition) is 1. The Labute approximate surface area is 163 Å². The number of thiophene rings is 1. The van der Waals surface area contributed by atoms with Gasteiger partial charge in [0.25, 0.3) is 17.2 Å². The highest BCUT2D eigenvalue weighted by atomic mass is 32.1. The predicted molar refractivity (Wildman–Crippen MR) is 106 cm³/mol. The first-order chi connectivity index (χ1) is 13.5. The van der Waals surface area contributed by atoms with Gasteiger partial charge in [-0.25, -0.2) is 4.98 Å². The zero-order valence-corrected chi connectivity index (χ0v) is 15.6. The second-order valence-electron chi connectivity index (χ2n) is 6.49. The number of carbonyl (C=O) groups excluding carboxylic acids is 1. The minimum Gasteiger partial charge on any atom is -0.364 e. The number of fused-ring (bicyclic) bond motifs is 1. The van der Waals surface area contributed by atoms with Crippen molar-refractivity contribution in [1.82, 2.24) is 14.9 Å². The van der Waals surface area contributed by atoms with Crippen LogP contribution in [0.3, 0.4) is 0 Å². The molecule has 1 aliphatic rings. The summed E-state index contributed by atoms with van der Waals surface area (Å²) in [7, 11) is 0. The molecule has 4 rings (SSSR count). The number of hydrogen-bond acceptors (Lipinski definition) is 7. The Hall–Kier alpha value is -3.27. The highest BCUT2D eigenvalue weighted by Crippen LogP contribution is 2.32. The Bertz CT molecular complexity index is 1100. The Morgan fingerprint density at radius 1 is 1.25 bits per heavy atom. The van der Waals surface area contributed by atoms with E-state index in [0.717, 1.165) is 0 Å². The largest absolute Gasteiger partial charge is 0.364 e. The van der Waals surface area contributed by atoms with E-state index < -0.39 is 10.5 Å². The van der Waals surface area contributed by atoms with E-state index in [1.807, 2.05) is 15.7 Å². The molecule has 1 aromatic carbocycles. The predicted octanol–water partition coefficient (Wildman–Crippen LogP) is 2.25. The molecular weight excluding hydrogens is 382 g/mol. The molecule has 10 heteroatoms. The molecule has 1 N–H and O–H groups in total. The molecule has 0 saturated carbocycles. The molecule has 144 valence electrons. The third-order valence-electron chi connectivity index (χ3n) is 4.83. The number of anilines is 1. The highest BCUT2D eigenvalue weighted by Gasteiger charge is 2.26. The third-order valence-corrected chi connectivity index (χ3v) is 5.51. The summed E-state index contributed by atoms with van der Waals surface area (Å²) in [6, 6.07) is 4.65. The maximum Gasteiger partial charge on any atom is 0.293 e. The summed E-state index contributed by atoms with van der Waals surface area (Å²) in [5, 5.41) is 15.5. The van der Waals surface area contributed by atoms with Crippen LogP contribution < -0.4 is 10.5 Å². The van der Waals surface area contributed by atoms with Crippen molar-refractivity contribution >= 4 is 39.5 Å². The SMILES string of the molecule is O=C(c1ccsc1)N1CCCN(c2cc3nc[nH]c(=O)c3cc2[N+](=O)[O-])CC1. The van der Waals surface area contributed by atoms with Crippen LogP contribution in [0.2, 0.25) is 0 Å². The molecule has 1 saturated heterocycles. The molecule has 0 unspecified atom stereocenters. The molecule has 0 atom stereocenters. The van der Waals surface area contributed by atoms with Crippen molar-refractivity contribution in [3.8, 4) is 0 Å². The number of amides is 1. The summed E-state index contributed by atoms with van der Waals surface area (Å²) in [4.78, 5) is 45.9. The number of nitrogens with zero attached hydrogens (tertiary/aromatic N) is 4. The number of aromatic nitrogens is 2. The molecule has 1 aliphatic heterocycles. The van der Waals surface area contributed by atoms with Gasteiger partial charge in [0.05, 0.1) is 27.7 Å². The highest BCUT2D eigenvalue weighted by molar-refractivity contribution is 7.08. The van der Waals surface area contributed by atoms with Gasteiger partial charge in [0.2, 0.25) is 0 Å². The lowest BCUT2D eigenvalue weighted by Gasteiger charge is -2.23. The molecule has 2 aromatic heterocycles. The standard InChI is InChI=1S/C18H17N5O4S/c24-17-13-8-16(23(26)27)15(9-14(13)19-11-20-17)21-3-1-4-22(6-5-21)18(25)12-2-7-28-10-12/h2,7-11H,1,3-6H2,(H,19,20,24). The molecule has 0 aliphatic carbocycles. The van der Waals surface area contributed by atoms with Crippen molar-refractivity contribution in [1.29, 1.82) is 0 Å². The molecular formula is C18H17N5O4S. The van der Waals surface area contributed by atoms with Crippen molar-refractivity contribution in [3.63, 3.8) is 0 Å². The van der Waals surface area contributed by atoms with E-state index in [9.17, 15) is 19.7 Å². The van der Waals surface area contributed by atoms with Gasteiger partial charge in [-0.05, 0) is 23.9 Å². The number of H-pyrrole nitrogens is 1. The molecule has 3 heterocycles. The number of benzene rings is 1. The molecule has 0 radical (unpaired) electrons. The first-order valence-electron chi connectivity index (χ1n) is 8.77. The van der Waals surface area contributed by atoms with E-state index in [-0.39, 0.29) is 17.0 Å². The molecule has 0 bridgehead atoms. The van der Waals surface area contributed by atoms with E-state index in [1.165, 1.54) is 23.7 Å². The Kier molecular flexibility index (Phi) is 4.78. The second kappa shape index (κ2) is 7.39. The van der Waals surface area contributed by atoms with Crippen LogP contribution in [0.4, 0.5) is 11.4 Å². The van der Waals surface area contributed by atoms with Crippen LogP contribution in [0.15, 0.2) is 40.1 Å². The first-order valence-corrected chi connectivity index (χ1v) is 9.71. The lowest BCUT2D eigenvalue weighted by Crippen LogP contribution is -2.35. The summed E-state index contributed by atoms with van der Waals surface area (Å²) in [6.07, 6.45) is 1.97. The van der Waals surface area contributed by atoms with Gasteiger partial charge in [-0.15, -0.1) is 0 Å². The Morgan fingerprint density at radius 3 is 2.86 bits per heavy atom. The smallest absolute Gasteiger partial charge is 0.293 e. The van der Waals surface area contributed by atoms with Crippen LogP contribution in [0.1, 0.15) is 16.8 Å². The van der Waals surface area contributed by atoms with Crippen LogP contribution >= 0.6 is 11.3 Å². The fourth-order valence-electron chi connectivity index (χ4n) is 3.42. The number of nitro groups is 1. The summed E-state index contributed by atoms with van der Waals surface area (Å²) >= 11 is 1.47. The van der Waals surface area contributed by atoms with Gasteiger partial charge in [-0.2, -0.15) is 11.3 Å². The molecule has 3 aromatic rings. The van der Waals surface area contributed by atoms with Gasteiger partial charge in [0.1, 0.15) is 5.69 Å². The van der Waals surface area contributed by atoms with E-state index in [2.05, 4.69) is 9.97 Å². The van der Waals surface area contributed by atoms with E-state index in [1.54, 1.807) is 17.0 Å². The van der Waals surface area contributed by atoms with Crippen LogP contribution in [-0.2, 0) is 0 Å². The topological polar surface area (TPSA) is 112 Å². The van der Waals surface area contributed by atoms with E-state index >= 15 is 0 Å². The van der Waals surface area contributed by atoms with Crippen molar-refractivity contribution in [3.05, 3.63) is 61.3 Å². The van der Waals surface area contributed by atoms with Gasteiger partial charge < -0.3 is 14.8 Å². The zero-order chi connectivity index (χ0) is 19.7. The summed E-state index contributed by atoms with van der Waals surface area (Å²) in [5.41, 5.74) is 0.936. The second-order valence-corrected chi connectivity index (χ2v) is 7.27. The number of rotatable bonds is 3. The molecule has 9 nitrogen and oxygen atoms in total. The number of nitrogens with one attached hydrogen (secondary N) is 1.